The maximum Gasteiger partial charge on any atom is 0.0487 e. The van der Waals surface area contributed by atoms with Crippen LogP contribution in [0, 0.1) is 0 Å². The molecule has 94 valence electrons. The molecule has 0 amide bonds. The zero-order valence-corrected chi connectivity index (χ0v) is 11.5. The van der Waals surface area contributed by atoms with E-state index < -0.39 is 0 Å². The van der Waals surface area contributed by atoms with Crippen LogP contribution in [0.25, 0.3) is 12.2 Å². The molecule has 0 aliphatic rings. The fraction of sp³-hybridized carbons (Fsp3) is 0.176. The Balaban J connectivity index is 3.32. The third-order valence-electron chi connectivity index (χ3n) is 2.92. The average molecular weight is 239 g/mol. The van der Waals surface area contributed by atoms with Gasteiger partial charge in [0.15, 0.2) is 0 Å². The Bertz CT molecular complexity index is 492. The molecule has 18 heavy (non-hydrogen) atoms. The number of anilines is 1. The normalized spacial score (nSPS) is 11.6. The van der Waals surface area contributed by atoms with Gasteiger partial charge in [-0.25, -0.2) is 0 Å². The minimum absolute atomic E-state index is 1.10. The second-order valence-corrected chi connectivity index (χ2v) is 3.96. The minimum Gasteiger partial charge on any atom is -0.344 e. The van der Waals surface area contributed by atoms with Crippen molar-refractivity contribution in [3.63, 3.8) is 0 Å². The summed E-state index contributed by atoms with van der Waals surface area (Å²) in [7, 11) is 2.06. The molecule has 0 N–H and O–H groups in total. The van der Waals surface area contributed by atoms with Crippen LogP contribution in [0.2, 0.25) is 0 Å². The molecule has 1 aromatic rings. The minimum atomic E-state index is 1.10. The first-order chi connectivity index (χ1) is 8.69. The predicted octanol–water partition coefficient (Wildman–Crippen LogP) is 4.89. The fourth-order valence-electron chi connectivity index (χ4n) is 1.97. The van der Waals surface area contributed by atoms with Crippen molar-refractivity contribution in [1.82, 2.24) is 0 Å². The highest BCUT2D eigenvalue weighted by Gasteiger charge is 2.09. The highest BCUT2D eigenvalue weighted by atomic mass is 15.1. The lowest BCUT2D eigenvalue weighted by Crippen LogP contribution is -2.16. The fourth-order valence-corrected chi connectivity index (χ4v) is 1.97. The van der Waals surface area contributed by atoms with Crippen LogP contribution < -0.4 is 4.90 Å². The molecule has 1 aromatic carbocycles. The number of benzene rings is 1. The van der Waals surface area contributed by atoms with E-state index in [1.165, 1.54) is 0 Å². The van der Waals surface area contributed by atoms with Gasteiger partial charge < -0.3 is 4.90 Å². The lowest BCUT2D eigenvalue weighted by molar-refractivity contribution is 1.12. The van der Waals surface area contributed by atoms with Crippen LogP contribution in [0.1, 0.15) is 25.0 Å². The number of likely N-dealkylation sites (N-methyl/N-ethyl adjacent to an activating group) is 1. The van der Waals surface area contributed by atoms with Crippen LogP contribution in [0.5, 0.6) is 0 Å². The van der Waals surface area contributed by atoms with Gasteiger partial charge in [0, 0.05) is 24.0 Å². The van der Waals surface area contributed by atoms with E-state index in [9.17, 15) is 0 Å². The Labute approximate surface area is 110 Å². The zero-order valence-electron chi connectivity index (χ0n) is 11.5. The molecule has 0 heterocycles. The lowest BCUT2D eigenvalue weighted by atomic mass is 10.0. The van der Waals surface area contributed by atoms with E-state index >= 15 is 0 Å². The first-order valence-electron chi connectivity index (χ1n) is 6.10. The summed E-state index contributed by atoms with van der Waals surface area (Å²) in [6.45, 7) is 11.8. The summed E-state index contributed by atoms with van der Waals surface area (Å²) < 4.78 is 0. The lowest BCUT2D eigenvalue weighted by Gasteiger charge is -2.23. The summed E-state index contributed by atoms with van der Waals surface area (Å²) in [5.74, 6) is 0. The van der Waals surface area contributed by atoms with E-state index in [0.29, 0.717) is 0 Å². The van der Waals surface area contributed by atoms with Crippen molar-refractivity contribution in [2.45, 2.75) is 13.8 Å². The summed E-state index contributed by atoms with van der Waals surface area (Å²) in [6, 6.07) is 6.18. The van der Waals surface area contributed by atoms with Crippen molar-refractivity contribution in [3.8, 4) is 0 Å². The zero-order chi connectivity index (χ0) is 13.5. The monoisotopic (exact) mass is 239 g/mol. The van der Waals surface area contributed by atoms with Gasteiger partial charge in [-0.15, -0.1) is 0 Å². The van der Waals surface area contributed by atoms with Crippen LogP contribution in [0.15, 0.2) is 55.3 Å². The average Bonchev–Trinajstić information content (AvgIpc) is 2.42. The number of hydrogen-bond donors (Lipinski definition) is 0. The molecular weight excluding hydrogens is 218 g/mol. The third kappa shape index (κ3) is 2.80. The Morgan fingerprint density at radius 2 is 1.89 bits per heavy atom. The van der Waals surface area contributed by atoms with Crippen LogP contribution in [-0.2, 0) is 0 Å². The largest absolute Gasteiger partial charge is 0.344 e. The number of nitrogens with zero attached hydrogens (tertiary/aromatic N) is 1. The highest BCUT2D eigenvalue weighted by Crippen LogP contribution is 2.27. The van der Waals surface area contributed by atoms with Crippen LogP contribution in [-0.4, -0.2) is 7.05 Å². The first-order valence-corrected chi connectivity index (χ1v) is 6.10. The third-order valence-corrected chi connectivity index (χ3v) is 2.92. The summed E-state index contributed by atoms with van der Waals surface area (Å²) in [6.07, 6.45) is 9.96. The van der Waals surface area contributed by atoms with Gasteiger partial charge in [0.2, 0.25) is 0 Å². The summed E-state index contributed by atoms with van der Waals surface area (Å²) in [4.78, 5) is 2.16. The smallest absolute Gasteiger partial charge is 0.0487 e. The molecular formula is C17H21N. The predicted molar refractivity (Wildman–Crippen MR) is 83.6 cm³/mol. The van der Waals surface area contributed by atoms with E-state index in [2.05, 4.69) is 43.3 Å². The molecule has 0 saturated carbocycles. The van der Waals surface area contributed by atoms with Crippen molar-refractivity contribution in [2.75, 3.05) is 11.9 Å². The number of hydrogen-bond acceptors (Lipinski definition) is 1. The van der Waals surface area contributed by atoms with Crippen LogP contribution in [0.4, 0.5) is 5.69 Å². The van der Waals surface area contributed by atoms with Crippen molar-refractivity contribution in [1.29, 1.82) is 0 Å². The Kier molecular flexibility index (Phi) is 5.19. The van der Waals surface area contributed by atoms with Crippen molar-refractivity contribution in [2.24, 2.45) is 0 Å². The van der Waals surface area contributed by atoms with Gasteiger partial charge in [0.05, 0.1) is 0 Å². The maximum atomic E-state index is 3.90. The van der Waals surface area contributed by atoms with E-state index in [4.69, 9.17) is 0 Å². The Hall–Kier alpha value is -2.02. The molecule has 0 bridgehead atoms. The van der Waals surface area contributed by atoms with Gasteiger partial charge in [-0.1, -0.05) is 49.6 Å². The topological polar surface area (TPSA) is 3.24 Å². The standard InChI is InChI=1S/C17H21N/c1-6-11-15(8-3)18(5)17-13-10-12-14(7-2)16(17)9-4/h6-13H,2,4H2,1,3,5H3/b11-6-,15-8+. The number of rotatable bonds is 5. The molecule has 0 fully saturated rings. The SMILES string of the molecule is C=Cc1cccc(N(C)C(/C=C\C)=C/C)c1C=C. The highest BCUT2D eigenvalue weighted by molar-refractivity contribution is 5.77. The molecule has 0 aliphatic carbocycles. The maximum absolute atomic E-state index is 3.90. The molecule has 0 radical (unpaired) electrons. The van der Waals surface area contributed by atoms with E-state index in [-0.39, 0.29) is 0 Å². The molecule has 0 aliphatic heterocycles. The van der Waals surface area contributed by atoms with Crippen molar-refractivity contribution < 1.29 is 0 Å². The summed E-state index contributed by atoms with van der Waals surface area (Å²) in [5, 5.41) is 0. The molecule has 0 saturated heterocycles. The molecule has 1 heteroatoms. The Morgan fingerprint density at radius 3 is 2.39 bits per heavy atom. The van der Waals surface area contributed by atoms with Crippen LogP contribution in [0.3, 0.4) is 0 Å². The van der Waals surface area contributed by atoms with Gasteiger partial charge >= 0.3 is 0 Å². The summed E-state index contributed by atoms with van der Waals surface area (Å²) >= 11 is 0. The second-order valence-electron chi connectivity index (χ2n) is 3.96. The van der Waals surface area contributed by atoms with Gasteiger partial charge in [-0.2, -0.15) is 0 Å². The van der Waals surface area contributed by atoms with E-state index in [1.54, 1.807) is 0 Å². The molecule has 1 nitrogen and oxygen atoms in total. The summed E-state index contributed by atoms with van der Waals surface area (Å²) in [5.41, 5.74) is 4.50. The van der Waals surface area contributed by atoms with Gasteiger partial charge in [0.25, 0.3) is 0 Å². The molecule has 0 unspecified atom stereocenters. The quantitative estimate of drug-likeness (QED) is 0.661. The Morgan fingerprint density at radius 1 is 1.17 bits per heavy atom. The van der Waals surface area contributed by atoms with Crippen LogP contribution >= 0.6 is 0 Å². The van der Waals surface area contributed by atoms with Gasteiger partial charge in [0.1, 0.15) is 0 Å². The molecule has 0 spiro atoms. The molecule has 1 rings (SSSR count). The number of allylic oxidation sites excluding steroid dienone is 3. The van der Waals surface area contributed by atoms with Crippen molar-refractivity contribution in [3.05, 3.63) is 66.4 Å². The van der Waals surface area contributed by atoms with Gasteiger partial charge in [-0.05, 0) is 31.6 Å². The molecule has 0 aromatic heterocycles. The first kappa shape index (κ1) is 14.0. The van der Waals surface area contributed by atoms with Gasteiger partial charge in [-0.3, -0.25) is 0 Å². The molecule has 0 atom stereocenters. The van der Waals surface area contributed by atoms with E-state index in [0.717, 1.165) is 22.5 Å². The second kappa shape index (κ2) is 6.65. The van der Waals surface area contributed by atoms with E-state index in [1.807, 2.05) is 44.2 Å². The van der Waals surface area contributed by atoms with Crippen molar-refractivity contribution >= 4 is 17.8 Å².